The van der Waals surface area contributed by atoms with E-state index in [0.717, 1.165) is 52.4 Å². The van der Waals surface area contributed by atoms with Crippen molar-refractivity contribution in [3.8, 4) is 0 Å². The Hall–Kier alpha value is -0.650. The van der Waals surface area contributed by atoms with Gasteiger partial charge in [-0.3, -0.25) is 9.69 Å². The highest BCUT2D eigenvalue weighted by atomic mass is 16.5. The molecular formula is C13H25N3O2. The Bertz CT molecular complexity index is 273. The lowest BCUT2D eigenvalue weighted by atomic mass is 9.88. The zero-order valence-electron chi connectivity index (χ0n) is 11.5. The van der Waals surface area contributed by atoms with Crippen molar-refractivity contribution in [3.63, 3.8) is 0 Å². The molecule has 2 fully saturated rings. The number of hydrogen-bond donors (Lipinski definition) is 1. The molecule has 5 heteroatoms. The van der Waals surface area contributed by atoms with Crippen LogP contribution in [0.5, 0.6) is 0 Å². The lowest BCUT2D eigenvalue weighted by Crippen LogP contribution is -2.54. The van der Waals surface area contributed by atoms with Crippen molar-refractivity contribution in [1.29, 1.82) is 0 Å². The first-order valence-corrected chi connectivity index (χ1v) is 6.93. The smallest absolute Gasteiger partial charge is 0.225 e. The molecule has 2 aliphatic rings. The fourth-order valence-corrected chi connectivity index (χ4v) is 2.57. The second-order valence-electron chi connectivity index (χ2n) is 5.37. The van der Waals surface area contributed by atoms with Crippen LogP contribution in [0, 0.1) is 11.8 Å². The molecule has 5 nitrogen and oxygen atoms in total. The van der Waals surface area contributed by atoms with Crippen LogP contribution in [0.4, 0.5) is 0 Å². The van der Waals surface area contributed by atoms with Gasteiger partial charge < -0.3 is 15.0 Å². The maximum absolute atomic E-state index is 12.3. The number of nitrogens with one attached hydrogen (secondary N) is 1. The molecule has 1 atom stereocenters. The van der Waals surface area contributed by atoms with Crippen molar-refractivity contribution in [2.24, 2.45) is 11.8 Å². The van der Waals surface area contributed by atoms with Gasteiger partial charge >= 0.3 is 0 Å². The van der Waals surface area contributed by atoms with Crippen molar-refractivity contribution in [2.45, 2.75) is 6.92 Å². The van der Waals surface area contributed by atoms with E-state index in [0.29, 0.717) is 11.8 Å². The third-order valence-electron chi connectivity index (χ3n) is 4.21. The third-order valence-corrected chi connectivity index (χ3v) is 4.21. The molecule has 0 aliphatic carbocycles. The summed E-state index contributed by atoms with van der Waals surface area (Å²) in [5, 5.41) is 3.24. The SMILES string of the molecule is COCCN1CCN(C(=O)C(C)C2CNC2)CC1. The Labute approximate surface area is 109 Å². The van der Waals surface area contributed by atoms with Crippen molar-refractivity contribution in [3.05, 3.63) is 0 Å². The summed E-state index contributed by atoms with van der Waals surface area (Å²) in [4.78, 5) is 16.7. The number of rotatable bonds is 5. The van der Waals surface area contributed by atoms with Gasteiger partial charge in [-0.25, -0.2) is 0 Å². The highest BCUT2D eigenvalue weighted by molar-refractivity contribution is 5.79. The molecule has 0 radical (unpaired) electrons. The Morgan fingerprint density at radius 1 is 1.33 bits per heavy atom. The van der Waals surface area contributed by atoms with Crippen LogP contribution in [0.25, 0.3) is 0 Å². The minimum absolute atomic E-state index is 0.178. The van der Waals surface area contributed by atoms with Gasteiger partial charge in [-0.1, -0.05) is 6.92 Å². The number of methoxy groups -OCH3 is 1. The normalized spacial score (nSPS) is 23.8. The summed E-state index contributed by atoms with van der Waals surface area (Å²) in [5.74, 6) is 1.06. The average molecular weight is 255 g/mol. The molecule has 104 valence electrons. The molecule has 2 heterocycles. The predicted molar refractivity (Wildman–Crippen MR) is 70.4 cm³/mol. The van der Waals surface area contributed by atoms with E-state index in [-0.39, 0.29) is 5.92 Å². The van der Waals surface area contributed by atoms with Gasteiger partial charge in [0, 0.05) is 45.8 Å². The van der Waals surface area contributed by atoms with E-state index in [1.54, 1.807) is 7.11 Å². The fraction of sp³-hybridized carbons (Fsp3) is 0.923. The van der Waals surface area contributed by atoms with Crippen LogP contribution in [0.15, 0.2) is 0 Å². The van der Waals surface area contributed by atoms with E-state index in [1.165, 1.54) is 0 Å². The van der Waals surface area contributed by atoms with Crippen LogP contribution in [0.1, 0.15) is 6.92 Å². The van der Waals surface area contributed by atoms with E-state index >= 15 is 0 Å². The molecule has 2 rings (SSSR count). The van der Waals surface area contributed by atoms with Crippen LogP contribution >= 0.6 is 0 Å². The first-order valence-electron chi connectivity index (χ1n) is 6.93. The number of carbonyl (C=O) groups excluding carboxylic acids is 1. The topological polar surface area (TPSA) is 44.8 Å². The van der Waals surface area contributed by atoms with E-state index < -0.39 is 0 Å². The number of amides is 1. The van der Waals surface area contributed by atoms with Crippen LogP contribution in [-0.4, -0.2) is 75.2 Å². The van der Waals surface area contributed by atoms with Gasteiger partial charge in [-0.15, -0.1) is 0 Å². The summed E-state index contributed by atoms with van der Waals surface area (Å²) in [7, 11) is 1.73. The molecule has 18 heavy (non-hydrogen) atoms. The van der Waals surface area contributed by atoms with Gasteiger partial charge in [0.15, 0.2) is 0 Å². The highest BCUT2D eigenvalue weighted by Crippen LogP contribution is 2.19. The van der Waals surface area contributed by atoms with Gasteiger partial charge in [0.05, 0.1) is 6.61 Å². The zero-order valence-corrected chi connectivity index (χ0v) is 11.5. The van der Waals surface area contributed by atoms with E-state index in [4.69, 9.17) is 4.74 Å². The molecular weight excluding hydrogens is 230 g/mol. The van der Waals surface area contributed by atoms with Gasteiger partial charge in [-0.2, -0.15) is 0 Å². The summed E-state index contributed by atoms with van der Waals surface area (Å²) in [6, 6.07) is 0. The molecule has 0 aromatic rings. The van der Waals surface area contributed by atoms with E-state index in [9.17, 15) is 4.79 Å². The Kier molecular flexibility index (Phi) is 4.97. The minimum Gasteiger partial charge on any atom is -0.383 e. The molecule has 2 saturated heterocycles. The lowest BCUT2D eigenvalue weighted by molar-refractivity contribution is -0.139. The van der Waals surface area contributed by atoms with Crippen molar-refractivity contribution >= 4 is 5.91 Å². The second-order valence-corrected chi connectivity index (χ2v) is 5.37. The van der Waals surface area contributed by atoms with Crippen LogP contribution in [-0.2, 0) is 9.53 Å². The fourth-order valence-electron chi connectivity index (χ4n) is 2.57. The van der Waals surface area contributed by atoms with Crippen LogP contribution < -0.4 is 5.32 Å². The third kappa shape index (κ3) is 3.22. The number of piperazine rings is 1. The molecule has 1 N–H and O–H groups in total. The maximum atomic E-state index is 12.3. The second kappa shape index (κ2) is 6.50. The number of ether oxygens (including phenoxy) is 1. The van der Waals surface area contributed by atoms with Crippen LogP contribution in [0.3, 0.4) is 0 Å². The minimum atomic E-state index is 0.178. The Balaban J connectivity index is 1.73. The average Bonchev–Trinajstić information content (AvgIpc) is 2.34. The van der Waals surface area contributed by atoms with Crippen LogP contribution in [0.2, 0.25) is 0 Å². The number of nitrogens with zero attached hydrogens (tertiary/aromatic N) is 2. The largest absolute Gasteiger partial charge is 0.383 e. The van der Waals surface area contributed by atoms with Crippen molar-refractivity contribution < 1.29 is 9.53 Å². The summed E-state index contributed by atoms with van der Waals surface area (Å²) in [6.07, 6.45) is 0. The summed E-state index contributed by atoms with van der Waals surface area (Å²) in [5.41, 5.74) is 0. The molecule has 0 aromatic heterocycles. The Morgan fingerprint density at radius 2 is 2.00 bits per heavy atom. The predicted octanol–water partition coefficient (Wildman–Crippen LogP) is -0.367. The van der Waals surface area contributed by atoms with E-state index in [2.05, 4.69) is 17.1 Å². The molecule has 1 unspecified atom stereocenters. The summed E-state index contributed by atoms with van der Waals surface area (Å²) >= 11 is 0. The maximum Gasteiger partial charge on any atom is 0.225 e. The highest BCUT2D eigenvalue weighted by Gasteiger charge is 2.32. The number of hydrogen-bond acceptors (Lipinski definition) is 4. The Morgan fingerprint density at radius 3 is 2.50 bits per heavy atom. The van der Waals surface area contributed by atoms with Crippen molar-refractivity contribution in [1.82, 2.24) is 15.1 Å². The van der Waals surface area contributed by atoms with Gasteiger partial charge in [0.2, 0.25) is 5.91 Å². The van der Waals surface area contributed by atoms with E-state index in [1.807, 2.05) is 4.90 Å². The monoisotopic (exact) mass is 255 g/mol. The lowest BCUT2D eigenvalue weighted by Gasteiger charge is -2.39. The van der Waals surface area contributed by atoms with Gasteiger partial charge in [-0.05, 0) is 19.0 Å². The summed E-state index contributed by atoms with van der Waals surface area (Å²) in [6.45, 7) is 9.51. The molecule has 0 aromatic carbocycles. The first-order chi connectivity index (χ1) is 8.72. The van der Waals surface area contributed by atoms with Crippen molar-refractivity contribution in [2.75, 3.05) is 59.5 Å². The summed E-state index contributed by atoms with van der Waals surface area (Å²) < 4.78 is 5.08. The standard InChI is InChI=1S/C13H25N3O2/c1-11(12-9-14-10-12)13(17)16-5-3-15(4-6-16)7-8-18-2/h11-12,14H,3-10H2,1-2H3. The molecule has 2 aliphatic heterocycles. The van der Waals surface area contributed by atoms with Gasteiger partial charge in [0.1, 0.15) is 0 Å². The molecule has 0 bridgehead atoms. The van der Waals surface area contributed by atoms with Gasteiger partial charge in [0.25, 0.3) is 0 Å². The molecule has 1 amide bonds. The zero-order chi connectivity index (χ0) is 13.0. The number of carbonyl (C=O) groups is 1. The first kappa shape index (κ1) is 13.8. The molecule has 0 spiro atoms. The molecule has 0 saturated carbocycles. The quantitative estimate of drug-likeness (QED) is 0.728.